The largest absolute Gasteiger partial charge is 0.270 e. The van der Waals surface area contributed by atoms with E-state index in [4.69, 9.17) is 11.6 Å². The molecular weight excluding hydrogens is 304 g/mol. The molecule has 1 aromatic rings. The van der Waals surface area contributed by atoms with E-state index in [1.54, 1.807) is 0 Å². The molecule has 0 spiro atoms. The van der Waals surface area contributed by atoms with Gasteiger partial charge in [0.2, 0.25) is 10.0 Å². The van der Waals surface area contributed by atoms with E-state index in [2.05, 4.69) is 0 Å². The molecule has 1 aromatic carbocycles. The lowest BCUT2D eigenvalue weighted by Crippen LogP contribution is -2.39. The van der Waals surface area contributed by atoms with Crippen molar-refractivity contribution >= 4 is 27.3 Å². The van der Waals surface area contributed by atoms with Gasteiger partial charge in [-0.2, -0.15) is 4.31 Å². The second-order valence-corrected chi connectivity index (χ2v) is 7.30. The van der Waals surface area contributed by atoms with E-state index in [1.807, 2.05) is 6.92 Å². The average Bonchev–Trinajstić information content (AvgIpc) is 2.38. The monoisotopic (exact) mass is 318 g/mol. The van der Waals surface area contributed by atoms with Crippen LogP contribution in [-0.2, 0) is 10.0 Å². The summed E-state index contributed by atoms with van der Waals surface area (Å²) in [5.74, 6) is 0.274. The molecule has 20 heavy (non-hydrogen) atoms. The molecule has 1 aliphatic rings. The van der Waals surface area contributed by atoms with Crippen molar-refractivity contribution in [1.82, 2.24) is 4.31 Å². The van der Waals surface area contributed by atoms with Crippen LogP contribution < -0.4 is 0 Å². The molecule has 1 aliphatic heterocycles. The standard InChI is InChI=1S/C12H15ClN2O4S/c1-9-3-2-6-14(8-9)20(18,19)12-7-10(15(16)17)4-5-11(12)13/h4-5,7,9H,2-3,6,8H2,1H3/t9-/m0/s1. The molecule has 0 amide bonds. The van der Waals surface area contributed by atoms with Gasteiger partial charge in [-0.25, -0.2) is 8.42 Å². The summed E-state index contributed by atoms with van der Waals surface area (Å²) in [6, 6.07) is 3.47. The molecule has 1 saturated heterocycles. The van der Waals surface area contributed by atoms with Gasteiger partial charge in [-0.05, 0) is 24.8 Å². The lowest BCUT2D eigenvalue weighted by molar-refractivity contribution is -0.385. The van der Waals surface area contributed by atoms with E-state index in [0.29, 0.717) is 13.1 Å². The molecule has 0 aliphatic carbocycles. The maximum atomic E-state index is 12.5. The number of hydrogen-bond donors (Lipinski definition) is 0. The summed E-state index contributed by atoms with van der Waals surface area (Å²) in [6.07, 6.45) is 1.77. The van der Waals surface area contributed by atoms with Gasteiger partial charge >= 0.3 is 0 Å². The van der Waals surface area contributed by atoms with Crippen molar-refractivity contribution < 1.29 is 13.3 Å². The van der Waals surface area contributed by atoms with Gasteiger partial charge in [-0.1, -0.05) is 18.5 Å². The third-order valence-electron chi connectivity index (χ3n) is 3.36. The molecule has 0 radical (unpaired) electrons. The van der Waals surface area contributed by atoms with Crippen LogP contribution in [0.1, 0.15) is 19.8 Å². The first-order valence-corrected chi connectivity index (χ1v) is 8.08. The summed E-state index contributed by atoms with van der Waals surface area (Å²) in [6.45, 7) is 2.82. The van der Waals surface area contributed by atoms with Crippen molar-refractivity contribution in [2.75, 3.05) is 13.1 Å². The fourth-order valence-electron chi connectivity index (χ4n) is 2.31. The van der Waals surface area contributed by atoms with Crippen LogP contribution >= 0.6 is 11.6 Å². The Labute approximate surface area is 122 Å². The Balaban J connectivity index is 2.43. The first-order valence-electron chi connectivity index (χ1n) is 6.26. The van der Waals surface area contributed by atoms with Crippen molar-refractivity contribution in [2.45, 2.75) is 24.7 Å². The Bertz CT molecular complexity index is 632. The van der Waals surface area contributed by atoms with Gasteiger partial charge in [0.25, 0.3) is 5.69 Å². The maximum absolute atomic E-state index is 12.5. The minimum Gasteiger partial charge on any atom is -0.258 e. The highest BCUT2D eigenvalue weighted by molar-refractivity contribution is 7.89. The summed E-state index contributed by atoms with van der Waals surface area (Å²) >= 11 is 5.91. The van der Waals surface area contributed by atoms with Crippen LogP contribution in [0, 0.1) is 16.0 Å². The Kier molecular flexibility index (Phi) is 4.31. The normalized spacial score (nSPS) is 20.8. The Morgan fingerprint density at radius 1 is 1.45 bits per heavy atom. The number of benzene rings is 1. The molecule has 8 heteroatoms. The molecule has 2 rings (SSSR count). The maximum Gasteiger partial charge on any atom is 0.270 e. The van der Waals surface area contributed by atoms with Crippen molar-refractivity contribution in [3.63, 3.8) is 0 Å². The molecule has 0 unspecified atom stereocenters. The third-order valence-corrected chi connectivity index (χ3v) is 5.71. The molecule has 0 N–H and O–H groups in total. The van der Waals surface area contributed by atoms with Crippen LogP contribution in [0.2, 0.25) is 5.02 Å². The lowest BCUT2D eigenvalue weighted by Gasteiger charge is -2.30. The molecule has 1 heterocycles. The number of sulfonamides is 1. The molecule has 6 nitrogen and oxygen atoms in total. The topological polar surface area (TPSA) is 80.5 Å². The minimum absolute atomic E-state index is 0.00817. The predicted octanol–water partition coefficient (Wildman–Crippen LogP) is 2.67. The number of rotatable bonds is 3. The van der Waals surface area contributed by atoms with Crippen LogP contribution in [0.4, 0.5) is 5.69 Å². The van der Waals surface area contributed by atoms with E-state index in [9.17, 15) is 18.5 Å². The zero-order chi connectivity index (χ0) is 14.9. The zero-order valence-corrected chi connectivity index (χ0v) is 12.5. The van der Waals surface area contributed by atoms with E-state index < -0.39 is 14.9 Å². The van der Waals surface area contributed by atoms with E-state index in [0.717, 1.165) is 18.9 Å². The number of hydrogen-bond acceptors (Lipinski definition) is 4. The zero-order valence-electron chi connectivity index (χ0n) is 11.0. The van der Waals surface area contributed by atoms with Crippen LogP contribution in [0.5, 0.6) is 0 Å². The SMILES string of the molecule is C[C@H]1CCCN(S(=O)(=O)c2cc([N+](=O)[O-])ccc2Cl)C1. The quantitative estimate of drug-likeness (QED) is 0.634. The third kappa shape index (κ3) is 2.94. The smallest absolute Gasteiger partial charge is 0.258 e. The summed E-state index contributed by atoms with van der Waals surface area (Å²) in [5.41, 5.74) is -0.280. The van der Waals surface area contributed by atoms with Gasteiger partial charge < -0.3 is 0 Å². The van der Waals surface area contributed by atoms with Crippen LogP contribution in [-0.4, -0.2) is 30.7 Å². The highest BCUT2D eigenvalue weighted by Gasteiger charge is 2.31. The highest BCUT2D eigenvalue weighted by Crippen LogP contribution is 2.30. The Hall–Kier alpha value is -1.18. The summed E-state index contributed by atoms with van der Waals surface area (Å²) in [4.78, 5) is 9.95. The molecule has 1 fully saturated rings. The second-order valence-electron chi connectivity index (χ2n) is 4.98. The number of halogens is 1. The first-order chi connectivity index (χ1) is 9.32. The van der Waals surface area contributed by atoms with Gasteiger partial charge in [0.15, 0.2) is 0 Å². The minimum atomic E-state index is -3.78. The molecular formula is C12H15ClN2O4S. The van der Waals surface area contributed by atoms with Crippen molar-refractivity contribution in [3.05, 3.63) is 33.3 Å². The first kappa shape index (κ1) is 15.2. The second kappa shape index (κ2) is 5.67. The van der Waals surface area contributed by atoms with Crippen molar-refractivity contribution in [3.8, 4) is 0 Å². The molecule has 1 atom stereocenters. The van der Waals surface area contributed by atoms with Crippen LogP contribution in [0.3, 0.4) is 0 Å². The van der Waals surface area contributed by atoms with E-state index in [-0.39, 0.29) is 21.5 Å². The fraction of sp³-hybridized carbons (Fsp3) is 0.500. The number of nitro benzene ring substituents is 1. The molecule has 0 saturated carbocycles. The van der Waals surface area contributed by atoms with E-state index in [1.165, 1.54) is 16.4 Å². The summed E-state index contributed by atoms with van der Waals surface area (Å²) in [5, 5.41) is 10.8. The molecule has 110 valence electrons. The van der Waals surface area contributed by atoms with Gasteiger partial charge in [0.05, 0.1) is 9.95 Å². The van der Waals surface area contributed by atoms with Crippen LogP contribution in [0.15, 0.2) is 23.1 Å². The van der Waals surface area contributed by atoms with Gasteiger partial charge in [-0.15, -0.1) is 0 Å². The number of non-ortho nitro benzene ring substituents is 1. The predicted molar refractivity (Wildman–Crippen MR) is 75.3 cm³/mol. The van der Waals surface area contributed by atoms with Gasteiger partial charge in [0.1, 0.15) is 4.90 Å². The lowest BCUT2D eigenvalue weighted by atomic mass is 10.0. The van der Waals surface area contributed by atoms with Crippen molar-refractivity contribution in [1.29, 1.82) is 0 Å². The summed E-state index contributed by atoms with van der Waals surface area (Å²) in [7, 11) is -3.78. The van der Waals surface area contributed by atoms with Crippen LogP contribution in [0.25, 0.3) is 0 Å². The average molecular weight is 319 g/mol. The van der Waals surface area contributed by atoms with Gasteiger partial charge in [-0.3, -0.25) is 10.1 Å². The number of piperidine rings is 1. The van der Waals surface area contributed by atoms with Gasteiger partial charge in [0, 0.05) is 25.2 Å². The fourth-order valence-corrected chi connectivity index (χ4v) is 4.40. The molecule has 0 bridgehead atoms. The number of nitro groups is 1. The highest BCUT2D eigenvalue weighted by atomic mass is 35.5. The van der Waals surface area contributed by atoms with Crippen molar-refractivity contribution in [2.24, 2.45) is 5.92 Å². The number of nitrogens with zero attached hydrogens (tertiary/aromatic N) is 2. The van der Waals surface area contributed by atoms with E-state index >= 15 is 0 Å². The molecule has 0 aromatic heterocycles. The summed E-state index contributed by atoms with van der Waals surface area (Å²) < 4.78 is 26.4. The Morgan fingerprint density at radius 3 is 2.75 bits per heavy atom. The Morgan fingerprint density at radius 2 is 2.15 bits per heavy atom.